The molecular formula is C14H21N3O3S. The number of nitrogens with zero attached hydrogens (tertiary/aromatic N) is 2. The number of hydrogen-bond acceptors (Lipinski definition) is 6. The van der Waals surface area contributed by atoms with E-state index in [2.05, 4.69) is 4.98 Å². The molecule has 0 aromatic carbocycles. The van der Waals surface area contributed by atoms with Crippen LogP contribution in [0.4, 0.5) is 5.13 Å². The second kappa shape index (κ2) is 6.72. The van der Waals surface area contributed by atoms with Gasteiger partial charge in [-0.15, -0.1) is 11.3 Å². The average molecular weight is 311 g/mol. The molecule has 0 bridgehead atoms. The van der Waals surface area contributed by atoms with Crippen molar-refractivity contribution in [2.45, 2.75) is 37.9 Å². The highest BCUT2D eigenvalue weighted by atomic mass is 32.1. The van der Waals surface area contributed by atoms with Crippen LogP contribution in [-0.2, 0) is 9.47 Å². The lowest BCUT2D eigenvalue weighted by atomic mass is 10.2. The van der Waals surface area contributed by atoms with E-state index in [1.165, 1.54) is 11.3 Å². The summed E-state index contributed by atoms with van der Waals surface area (Å²) >= 11 is 1.29. The molecular weight excluding hydrogens is 290 g/mol. The quantitative estimate of drug-likeness (QED) is 0.892. The first-order valence-electron chi connectivity index (χ1n) is 7.46. The molecule has 2 saturated heterocycles. The number of nitrogen functional groups attached to an aromatic ring is 1. The average Bonchev–Trinajstić information content (AvgIpc) is 3.19. The van der Waals surface area contributed by atoms with Crippen molar-refractivity contribution in [3.8, 4) is 0 Å². The van der Waals surface area contributed by atoms with Gasteiger partial charge in [-0.1, -0.05) is 0 Å². The summed E-state index contributed by atoms with van der Waals surface area (Å²) in [6, 6.07) is 0. The van der Waals surface area contributed by atoms with Gasteiger partial charge in [-0.05, 0) is 25.7 Å². The number of anilines is 1. The maximum absolute atomic E-state index is 12.6. The van der Waals surface area contributed by atoms with E-state index in [0.717, 1.165) is 38.9 Å². The van der Waals surface area contributed by atoms with Gasteiger partial charge in [0.2, 0.25) is 0 Å². The monoisotopic (exact) mass is 311 g/mol. The molecule has 1 amide bonds. The summed E-state index contributed by atoms with van der Waals surface area (Å²) in [5.41, 5.74) is 6.06. The molecule has 3 rings (SSSR count). The molecule has 1 aromatic heterocycles. The zero-order chi connectivity index (χ0) is 14.7. The van der Waals surface area contributed by atoms with E-state index in [4.69, 9.17) is 15.2 Å². The van der Waals surface area contributed by atoms with Gasteiger partial charge in [0.15, 0.2) is 5.13 Å². The van der Waals surface area contributed by atoms with Gasteiger partial charge in [0, 0.05) is 31.7 Å². The fraction of sp³-hybridized carbons (Fsp3) is 0.714. The Kier molecular flexibility index (Phi) is 4.72. The molecule has 21 heavy (non-hydrogen) atoms. The van der Waals surface area contributed by atoms with Crippen LogP contribution in [0.25, 0.3) is 0 Å². The number of carbonyl (C=O) groups excluding carboxylic acids is 1. The van der Waals surface area contributed by atoms with Gasteiger partial charge in [0.05, 0.1) is 12.2 Å². The molecule has 0 saturated carbocycles. The van der Waals surface area contributed by atoms with Crippen LogP contribution >= 0.6 is 11.3 Å². The molecule has 2 aliphatic heterocycles. The second-order valence-electron chi connectivity index (χ2n) is 5.55. The summed E-state index contributed by atoms with van der Waals surface area (Å²) in [4.78, 5) is 18.6. The van der Waals surface area contributed by atoms with Crippen LogP contribution in [0.3, 0.4) is 0 Å². The molecule has 1 aromatic rings. The van der Waals surface area contributed by atoms with E-state index in [1.807, 2.05) is 4.90 Å². The Morgan fingerprint density at radius 3 is 2.33 bits per heavy atom. The largest absolute Gasteiger partial charge is 0.376 e. The van der Waals surface area contributed by atoms with Crippen LogP contribution in [0.5, 0.6) is 0 Å². The lowest BCUT2D eigenvalue weighted by Gasteiger charge is -2.27. The first kappa shape index (κ1) is 14.7. The minimum Gasteiger partial charge on any atom is -0.376 e. The molecule has 3 heterocycles. The molecule has 0 radical (unpaired) electrons. The predicted molar refractivity (Wildman–Crippen MR) is 80.4 cm³/mol. The highest BCUT2D eigenvalue weighted by Crippen LogP contribution is 2.20. The summed E-state index contributed by atoms with van der Waals surface area (Å²) in [6.45, 7) is 2.79. The van der Waals surface area contributed by atoms with E-state index in [0.29, 0.717) is 23.9 Å². The maximum Gasteiger partial charge on any atom is 0.273 e. The van der Waals surface area contributed by atoms with Crippen LogP contribution in [0, 0.1) is 0 Å². The van der Waals surface area contributed by atoms with Crippen molar-refractivity contribution < 1.29 is 14.3 Å². The van der Waals surface area contributed by atoms with Crippen molar-refractivity contribution in [3.63, 3.8) is 0 Å². The van der Waals surface area contributed by atoms with Crippen molar-refractivity contribution in [1.82, 2.24) is 9.88 Å². The zero-order valence-electron chi connectivity index (χ0n) is 12.0. The molecule has 2 aliphatic rings. The number of amides is 1. The number of hydrogen-bond donors (Lipinski definition) is 1. The molecule has 6 nitrogen and oxygen atoms in total. The molecule has 2 unspecified atom stereocenters. The Hall–Kier alpha value is -1.18. The lowest BCUT2D eigenvalue weighted by Crippen LogP contribution is -2.42. The smallest absolute Gasteiger partial charge is 0.273 e. The number of thiazole rings is 1. The number of aromatic nitrogens is 1. The summed E-state index contributed by atoms with van der Waals surface area (Å²) in [5.74, 6) is -0.0750. The summed E-state index contributed by atoms with van der Waals surface area (Å²) < 4.78 is 11.3. The molecule has 0 spiro atoms. The van der Waals surface area contributed by atoms with Crippen molar-refractivity contribution in [2.75, 3.05) is 32.0 Å². The van der Waals surface area contributed by atoms with E-state index >= 15 is 0 Å². The first-order chi connectivity index (χ1) is 10.2. The van der Waals surface area contributed by atoms with Crippen molar-refractivity contribution in [3.05, 3.63) is 11.1 Å². The van der Waals surface area contributed by atoms with Gasteiger partial charge in [0.1, 0.15) is 5.69 Å². The summed E-state index contributed by atoms with van der Waals surface area (Å²) in [6.07, 6.45) is 4.41. The molecule has 7 heteroatoms. The van der Waals surface area contributed by atoms with Gasteiger partial charge in [-0.25, -0.2) is 4.98 Å². The van der Waals surface area contributed by atoms with Crippen LogP contribution in [-0.4, -0.2) is 54.3 Å². The van der Waals surface area contributed by atoms with Crippen LogP contribution in [0.15, 0.2) is 5.38 Å². The molecule has 2 fully saturated rings. The standard InChI is InChI=1S/C14H21N3O3S/c15-14-16-12(9-21-14)13(18)17(7-10-3-1-5-19-10)8-11-4-2-6-20-11/h9-11H,1-8H2,(H2,15,16). The third-order valence-corrected chi connectivity index (χ3v) is 4.60. The third-order valence-electron chi connectivity index (χ3n) is 3.92. The second-order valence-corrected chi connectivity index (χ2v) is 6.44. The topological polar surface area (TPSA) is 77.7 Å². The Bertz CT molecular complexity index is 464. The van der Waals surface area contributed by atoms with Crippen LogP contribution < -0.4 is 5.73 Å². The van der Waals surface area contributed by atoms with E-state index < -0.39 is 0 Å². The molecule has 0 aliphatic carbocycles. The van der Waals surface area contributed by atoms with Gasteiger partial charge in [-0.3, -0.25) is 4.79 Å². The Morgan fingerprint density at radius 1 is 1.29 bits per heavy atom. The highest BCUT2D eigenvalue weighted by Gasteiger charge is 2.28. The minimum absolute atomic E-state index is 0.0750. The van der Waals surface area contributed by atoms with Gasteiger partial charge < -0.3 is 20.1 Å². The molecule has 116 valence electrons. The Labute approximate surface area is 128 Å². The molecule has 2 atom stereocenters. The zero-order valence-corrected chi connectivity index (χ0v) is 12.8. The fourth-order valence-corrected chi connectivity index (χ4v) is 3.39. The van der Waals surface area contributed by atoms with E-state index in [-0.39, 0.29) is 18.1 Å². The number of carbonyl (C=O) groups is 1. The minimum atomic E-state index is -0.0750. The third kappa shape index (κ3) is 3.72. The SMILES string of the molecule is Nc1nc(C(=O)N(CC2CCCO2)CC2CCCO2)cs1. The normalized spacial score (nSPS) is 25.3. The van der Waals surface area contributed by atoms with E-state index in [1.54, 1.807) is 5.38 Å². The number of ether oxygens (including phenoxy) is 2. The summed E-state index contributed by atoms with van der Waals surface area (Å²) in [7, 11) is 0. The number of rotatable bonds is 5. The van der Waals surface area contributed by atoms with Gasteiger partial charge in [-0.2, -0.15) is 0 Å². The van der Waals surface area contributed by atoms with Gasteiger partial charge >= 0.3 is 0 Å². The van der Waals surface area contributed by atoms with Gasteiger partial charge in [0.25, 0.3) is 5.91 Å². The predicted octanol–water partition coefficient (Wildman–Crippen LogP) is 1.53. The van der Waals surface area contributed by atoms with Crippen LogP contribution in [0.1, 0.15) is 36.2 Å². The van der Waals surface area contributed by atoms with Crippen molar-refractivity contribution >= 4 is 22.4 Å². The van der Waals surface area contributed by atoms with Crippen molar-refractivity contribution in [1.29, 1.82) is 0 Å². The number of nitrogens with two attached hydrogens (primary N) is 1. The summed E-state index contributed by atoms with van der Waals surface area (Å²) in [5, 5.41) is 2.14. The van der Waals surface area contributed by atoms with Crippen LogP contribution in [0.2, 0.25) is 0 Å². The lowest BCUT2D eigenvalue weighted by molar-refractivity contribution is 0.0305. The van der Waals surface area contributed by atoms with Crippen molar-refractivity contribution in [2.24, 2.45) is 0 Å². The Balaban J connectivity index is 1.68. The van der Waals surface area contributed by atoms with E-state index in [9.17, 15) is 4.79 Å². The highest BCUT2D eigenvalue weighted by molar-refractivity contribution is 7.13. The maximum atomic E-state index is 12.6. The Morgan fingerprint density at radius 2 is 1.90 bits per heavy atom. The fourth-order valence-electron chi connectivity index (χ4n) is 2.86. The first-order valence-corrected chi connectivity index (χ1v) is 8.34. The molecule has 2 N–H and O–H groups in total.